The predicted octanol–water partition coefficient (Wildman–Crippen LogP) is 6.41. The van der Waals surface area contributed by atoms with E-state index < -0.39 is 17.5 Å². The fourth-order valence-corrected chi connectivity index (χ4v) is 6.17. The van der Waals surface area contributed by atoms with E-state index in [0.717, 1.165) is 29.5 Å². The molecular formula is C33H32FN3O4. The van der Waals surface area contributed by atoms with E-state index >= 15 is 0 Å². The zero-order valence-electron chi connectivity index (χ0n) is 23.6. The topological polar surface area (TPSA) is 79.8 Å². The molecule has 2 fully saturated rings. The van der Waals surface area contributed by atoms with Crippen LogP contribution in [0.3, 0.4) is 0 Å². The summed E-state index contributed by atoms with van der Waals surface area (Å²) in [5.74, 6) is -0.984. The molecule has 1 saturated carbocycles. The van der Waals surface area contributed by atoms with Gasteiger partial charge in [0.15, 0.2) is 0 Å². The molecule has 0 unspecified atom stereocenters. The smallest absolute Gasteiger partial charge is 0.410 e. The number of amides is 3. The van der Waals surface area contributed by atoms with Crippen molar-refractivity contribution in [2.45, 2.75) is 52.2 Å². The molecule has 8 heteroatoms. The highest BCUT2D eigenvalue weighted by atomic mass is 19.1. The van der Waals surface area contributed by atoms with Crippen molar-refractivity contribution in [2.24, 2.45) is 5.41 Å². The Hall–Kier alpha value is -4.33. The van der Waals surface area contributed by atoms with Crippen molar-refractivity contribution in [1.82, 2.24) is 14.8 Å². The van der Waals surface area contributed by atoms with Gasteiger partial charge >= 0.3 is 6.09 Å². The highest BCUT2D eigenvalue weighted by Gasteiger charge is 2.53. The quantitative estimate of drug-likeness (QED) is 0.349. The van der Waals surface area contributed by atoms with Crippen LogP contribution >= 0.6 is 0 Å². The molecule has 3 heterocycles. The molecule has 0 bridgehead atoms. The Morgan fingerprint density at radius 3 is 2.10 bits per heavy atom. The Bertz CT molecular complexity index is 1540. The standard InChI is InChI=1S/C33H32FN3O4/c1-20(37-29(38)25-7-5-6-8-26(25)30(37)39)21-9-11-22(12-10-21)28(27-14-13-24(34)17-35-27)23-15-33(16-23)18-36(19-33)31(40)41-32(2,3)4/h5-14,17,20H,15-16,18-19H2,1-4H3/t20-/m1/s1. The second kappa shape index (κ2) is 9.65. The summed E-state index contributed by atoms with van der Waals surface area (Å²) in [7, 11) is 0. The van der Waals surface area contributed by atoms with E-state index in [2.05, 4.69) is 4.98 Å². The molecule has 0 N–H and O–H groups in total. The van der Waals surface area contributed by atoms with Crippen LogP contribution in [0.2, 0.25) is 0 Å². The number of aromatic nitrogens is 1. The molecule has 3 aliphatic rings. The van der Waals surface area contributed by atoms with E-state index in [0.29, 0.717) is 29.9 Å². The lowest BCUT2D eigenvalue weighted by Crippen LogP contribution is -2.62. The van der Waals surface area contributed by atoms with Gasteiger partial charge in [-0.15, -0.1) is 0 Å². The number of hydrogen-bond donors (Lipinski definition) is 0. The van der Waals surface area contributed by atoms with E-state index in [1.54, 1.807) is 35.2 Å². The maximum Gasteiger partial charge on any atom is 0.410 e. The number of pyridine rings is 1. The first kappa shape index (κ1) is 26.9. The first-order chi connectivity index (χ1) is 19.4. The summed E-state index contributed by atoms with van der Waals surface area (Å²) in [6.07, 6.45) is 2.56. The minimum absolute atomic E-state index is 0.0253. The van der Waals surface area contributed by atoms with Crippen molar-refractivity contribution >= 4 is 23.5 Å². The lowest BCUT2D eigenvalue weighted by atomic mass is 9.59. The third-order valence-corrected chi connectivity index (χ3v) is 8.11. The van der Waals surface area contributed by atoms with E-state index in [1.807, 2.05) is 52.0 Å². The van der Waals surface area contributed by atoms with E-state index in [-0.39, 0.29) is 23.3 Å². The van der Waals surface area contributed by atoms with Gasteiger partial charge < -0.3 is 9.64 Å². The average Bonchev–Trinajstić information content (AvgIpc) is 3.14. The summed E-state index contributed by atoms with van der Waals surface area (Å²) in [6, 6.07) is 17.3. The van der Waals surface area contributed by atoms with Crippen LogP contribution in [0.25, 0.3) is 5.57 Å². The van der Waals surface area contributed by atoms with Crippen molar-refractivity contribution in [3.05, 3.63) is 106 Å². The van der Waals surface area contributed by atoms with Gasteiger partial charge in [-0.1, -0.05) is 42.0 Å². The molecule has 2 aromatic carbocycles. The second-order valence-corrected chi connectivity index (χ2v) is 12.4. The average molecular weight is 554 g/mol. The Kier molecular flexibility index (Phi) is 6.32. The molecule has 1 saturated heterocycles. The maximum absolute atomic E-state index is 13.7. The van der Waals surface area contributed by atoms with Crippen LogP contribution in [0.4, 0.5) is 9.18 Å². The highest BCUT2D eigenvalue weighted by Crippen LogP contribution is 2.54. The number of benzene rings is 2. The number of likely N-dealkylation sites (tertiary alicyclic amines) is 1. The Balaban J connectivity index is 1.23. The number of hydrogen-bond acceptors (Lipinski definition) is 5. The number of carbonyl (C=O) groups is 3. The molecule has 1 aliphatic carbocycles. The Labute approximate surface area is 238 Å². The van der Waals surface area contributed by atoms with Crippen LogP contribution in [-0.4, -0.2) is 51.4 Å². The van der Waals surface area contributed by atoms with Crippen molar-refractivity contribution in [1.29, 1.82) is 0 Å². The van der Waals surface area contributed by atoms with Gasteiger partial charge in [-0.25, -0.2) is 9.18 Å². The largest absolute Gasteiger partial charge is 0.444 e. The molecule has 0 radical (unpaired) electrons. The highest BCUT2D eigenvalue weighted by molar-refractivity contribution is 6.21. The van der Waals surface area contributed by atoms with E-state index in [1.165, 1.54) is 22.7 Å². The summed E-state index contributed by atoms with van der Waals surface area (Å²) in [5, 5.41) is 0. The third-order valence-electron chi connectivity index (χ3n) is 8.11. The molecule has 3 aromatic rings. The molecule has 1 atom stereocenters. The molecule has 7 nitrogen and oxygen atoms in total. The van der Waals surface area contributed by atoms with Crippen molar-refractivity contribution in [3.8, 4) is 0 Å². The van der Waals surface area contributed by atoms with Crippen molar-refractivity contribution in [3.63, 3.8) is 0 Å². The zero-order valence-corrected chi connectivity index (χ0v) is 23.6. The van der Waals surface area contributed by atoms with Gasteiger partial charge in [0.1, 0.15) is 11.4 Å². The normalized spacial score (nSPS) is 18.1. The predicted molar refractivity (Wildman–Crippen MR) is 151 cm³/mol. The zero-order chi connectivity index (χ0) is 29.1. The lowest BCUT2D eigenvalue weighted by molar-refractivity contribution is -0.0500. The van der Waals surface area contributed by atoms with E-state index in [4.69, 9.17) is 4.74 Å². The molecule has 41 heavy (non-hydrogen) atoms. The fourth-order valence-electron chi connectivity index (χ4n) is 6.17. The van der Waals surface area contributed by atoms with Crippen molar-refractivity contribution < 1.29 is 23.5 Å². The first-order valence-electron chi connectivity index (χ1n) is 13.8. The molecule has 1 spiro atoms. The summed E-state index contributed by atoms with van der Waals surface area (Å²) in [6.45, 7) is 8.72. The summed E-state index contributed by atoms with van der Waals surface area (Å²) < 4.78 is 19.2. The fraction of sp³-hybridized carbons (Fsp3) is 0.333. The summed E-state index contributed by atoms with van der Waals surface area (Å²) >= 11 is 0. The molecule has 210 valence electrons. The summed E-state index contributed by atoms with van der Waals surface area (Å²) in [5.41, 5.74) is 4.94. The Morgan fingerprint density at radius 1 is 0.951 bits per heavy atom. The van der Waals surface area contributed by atoms with Gasteiger partial charge in [-0.2, -0.15) is 0 Å². The number of rotatable bonds is 4. The first-order valence-corrected chi connectivity index (χ1v) is 13.8. The van der Waals surface area contributed by atoms with Crippen molar-refractivity contribution in [2.75, 3.05) is 13.1 Å². The lowest BCUT2D eigenvalue weighted by Gasteiger charge is -2.57. The number of fused-ring (bicyclic) bond motifs is 1. The number of carbonyl (C=O) groups excluding carboxylic acids is 3. The number of imide groups is 1. The van der Waals surface area contributed by atoms with Gasteiger partial charge in [0, 0.05) is 24.1 Å². The second-order valence-electron chi connectivity index (χ2n) is 12.4. The molecular weight excluding hydrogens is 521 g/mol. The number of halogens is 1. The monoisotopic (exact) mass is 553 g/mol. The molecule has 1 aromatic heterocycles. The minimum Gasteiger partial charge on any atom is -0.444 e. The van der Waals surface area contributed by atoms with Gasteiger partial charge in [0.05, 0.1) is 29.1 Å². The van der Waals surface area contributed by atoms with Gasteiger partial charge in [0.25, 0.3) is 11.8 Å². The third kappa shape index (κ3) is 4.81. The number of allylic oxidation sites excluding steroid dienone is 1. The van der Waals surface area contributed by atoms with Crippen LogP contribution in [0.1, 0.15) is 84.1 Å². The minimum atomic E-state index is -0.533. The summed E-state index contributed by atoms with van der Waals surface area (Å²) in [4.78, 5) is 45.9. The van der Waals surface area contributed by atoms with Crippen LogP contribution < -0.4 is 0 Å². The van der Waals surface area contributed by atoms with Crippen LogP contribution in [0.15, 0.2) is 72.4 Å². The van der Waals surface area contributed by atoms with Crippen LogP contribution in [0.5, 0.6) is 0 Å². The van der Waals surface area contributed by atoms with Crippen LogP contribution in [0, 0.1) is 11.2 Å². The molecule has 6 rings (SSSR count). The van der Waals surface area contributed by atoms with Gasteiger partial charge in [0.2, 0.25) is 0 Å². The van der Waals surface area contributed by atoms with Gasteiger partial charge in [-0.05, 0) is 75.9 Å². The van der Waals surface area contributed by atoms with Crippen LogP contribution in [-0.2, 0) is 4.74 Å². The SMILES string of the molecule is C[C@H](c1ccc(C(=C2CC3(C2)CN(C(=O)OC(C)(C)C)C3)c2ccc(F)cn2)cc1)N1C(=O)c2ccccc2C1=O. The number of nitrogens with zero attached hydrogens (tertiary/aromatic N) is 3. The molecule has 2 aliphatic heterocycles. The Morgan fingerprint density at radius 2 is 1.56 bits per heavy atom. The number of ether oxygens (including phenoxy) is 1. The van der Waals surface area contributed by atoms with E-state index in [9.17, 15) is 18.8 Å². The maximum atomic E-state index is 13.7. The molecule has 3 amide bonds. The van der Waals surface area contributed by atoms with Gasteiger partial charge in [-0.3, -0.25) is 19.5 Å².